The van der Waals surface area contributed by atoms with E-state index < -0.39 is 0 Å². The Morgan fingerprint density at radius 1 is 1.41 bits per heavy atom. The van der Waals surface area contributed by atoms with Crippen LogP contribution >= 0.6 is 0 Å². The second-order valence-electron chi connectivity index (χ2n) is 5.36. The van der Waals surface area contributed by atoms with Gasteiger partial charge >= 0.3 is 0 Å². The van der Waals surface area contributed by atoms with E-state index in [1.807, 2.05) is 7.05 Å². The summed E-state index contributed by atoms with van der Waals surface area (Å²) in [5, 5.41) is 3.24. The Balaban J connectivity index is 2.36. The first-order valence-corrected chi connectivity index (χ1v) is 6.68. The van der Waals surface area contributed by atoms with Gasteiger partial charge in [-0.2, -0.15) is 0 Å². The minimum absolute atomic E-state index is 0.592. The van der Waals surface area contributed by atoms with Crippen molar-refractivity contribution in [2.45, 2.75) is 39.2 Å². The van der Waals surface area contributed by atoms with E-state index in [9.17, 15) is 0 Å². The monoisotopic (exact) mass is 232 g/mol. The lowest BCUT2D eigenvalue weighted by Gasteiger charge is -2.26. The molecule has 0 aliphatic carbocycles. The Morgan fingerprint density at radius 3 is 2.82 bits per heavy atom. The van der Waals surface area contributed by atoms with Crippen molar-refractivity contribution in [2.75, 3.05) is 25.0 Å². The maximum Gasteiger partial charge on any atom is 0.0437 e. The summed E-state index contributed by atoms with van der Waals surface area (Å²) in [4.78, 5) is 2.56. The number of rotatable bonds is 4. The predicted molar refractivity (Wildman–Crippen MR) is 75.0 cm³/mol. The second-order valence-corrected chi connectivity index (χ2v) is 5.36. The van der Waals surface area contributed by atoms with Crippen LogP contribution in [0.1, 0.15) is 37.8 Å². The number of benzene rings is 1. The van der Waals surface area contributed by atoms with Crippen molar-refractivity contribution in [2.24, 2.45) is 0 Å². The van der Waals surface area contributed by atoms with Gasteiger partial charge in [0.2, 0.25) is 0 Å². The first-order chi connectivity index (χ1) is 8.15. The van der Waals surface area contributed by atoms with Crippen molar-refractivity contribution in [3.63, 3.8) is 0 Å². The molecule has 0 saturated heterocycles. The largest absolute Gasteiger partial charge is 0.368 e. The molecular weight excluding hydrogens is 208 g/mol. The third-order valence-electron chi connectivity index (χ3n) is 3.71. The molecule has 2 rings (SSSR count). The molecule has 0 radical (unpaired) electrons. The Labute approximate surface area is 105 Å². The molecule has 1 aromatic rings. The fraction of sp³-hybridized carbons (Fsp3) is 0.600. The summed E-state index contributed by atoms with van der Waals surface area (Å²) in [6.07, 6.45) is 1.12. The molecule has 1 unspecified atom stereocenters. The van der Waals surface area contributed by atoms with E-state index >= 15 is 0 Å². The summed E-state index contributed by atoms with van der Waals surface area (Å²) >= 11 is 0. The first-order valence-electron chi connectivity index (χ1n) is 6.68. The smallest absolute Gasteiger partial charge is 0.0437 e. The molecule has 0 bridgehead atoms. The Kier molecular flexibility index (Phi) is 3.72. The van der Waals surface area contributed by atoms with Crippen molar-refractivity contribution < 1.29 is 0 Å². The average Bonchev–Trinajstić information content (AvgIpc) is 2.65. The van der Waals surface area contributed by atoms with Gasteiger partial charge in [-0.1, -0.05) is 25.1 Å². The van der Waals surface area contributed by atoms with Crippen LogP contribution in [-0.2, 0) is 6.42 Å². The van der Waals surface area contributed by atoms with Crippen molar-refractivity contribution in [3.8, 4) is 0 Å². The van der Waals surface area contributed by atoms with Gasteiger partial charge in [0, 0.05) is 24.2 Å². The lowest BCUT2D eigenvalue weighted by Crippen LogP contribution is -2.30. The number of likely N-dealkylation sites (N-methyl/N-ethyl adjacent to an activating group) is 1. The van der Waals surface area contributed by atoms with Crippen LogP contribution in [0.5, 0.6) is 0 Å². The highest BCUT2D eigenvalue weighted by Gasteiger charge is 2.28. The lowest BCUT2D eigenvalue weighted by molar-refractivity contribution is 0.667. The molecule has 1 atom stereocenters. The number of nitrogens with one attached hydrogen (secondary N) is 1. The molecule has 0 saturated carbocycles. The Morgan fingerprint density at radius 2 is 2.18 bits per heavy atom. The number of hydrogen-bond acceptors (Lipinski definition) is 2. The Hall–Kier alpha value is -1.02. The van der Waals surface area contributed by atoms with Gasteiger partial charge in [-0.25, -0.2) is 0 Å². The van der Waals surface area contributed by atoms with Crippen LogP contribution in [0.25, 0.3) is 0 Å². The maximum atomic E-state index is 3.24. The molecule has 17 heavy (non-hydrogen) atoms. The summed E-state index contributed by atoms with van der Waals surface area (Å²) in [5.74, 6) is 0.668. The van der Waals surface area contributed by atoms with Gasteiger partial charge in [0.15, 0.2) is 0 Å². The third kappa shape index (κ3) is 2.32. The van der Waals surface area contributed by atoms with E-state index in [-0.39, 0.29) is 0 Å². The summed E-state index contributed by atoms with van der Waals surface area (Å²) in [7, 11) is 2.02. The predicted octanol–water partition coefficient (Wildman–Crippen LogP) is 2.78. The van der Waals surface area contributed by atoms with Crippen LogP contribution in [-0.4, -0.2) is 26.2 Å². The number of fused-ring (bicyclic) bond motifs is 1. The molecule has 2 nitrogen and oxygen atoms in total. The van der Waals surface area contributed by atoms with E-state index in [0.717, 1.165) is 13.0 Å². The molecule has 0 aromatic heterocycles. The maximum absolute atomic E-state index is 3.24. The van der Waals surface area contributed by atoms with Crippen LogP contribution in [0.15, 0.2) is 18.2 Å². The molecule has 1 aromatic carbocycles. The molecule has 2 heteroatoms. The van der Waals surface area contributed by atoms with Gasteiger partial charge in [0.25, 0.3) is 0 Å². The Bertz CT molecular complexity index is 385. The zero-order valence-electron chi connectivity index (χ0n) is 11.5. The van der Waals surface area contributed by atoms with Crippen LogP contribution in [0.4, 0.5) is 5.69 Å². The van der Waals surface area contributed by atoms with Crippen molar-refractivity contribution in [1.29, 1.82) is 0 Å². The molecule has 1 heterocycles. The molecular formula is C15H24N2. The van der Waals surface area contributed by atoms with Crippen LogP contribution < -0.4 is 10.2 Å². The van der Waals surface area contributed by atoms with Gasteiger partial charge in [-0.3, -0.25) is 0 Å². The van der Waals surface area contributed by atoms with Crippen molar-refractivity contribution in [3.05, 3.63) is 29.3 Å². The second kappa shape index (κ2) is 5.09. The SMILES string of the molecule is CNCCc1cccc2c1N(C(C)C)CC2C. The van der Waals surface area contributed by atoms with Crippen molar-refractivity contribution >= 4 is 5.69 Å². The van der Waals surface area contributed by atoms with Gasteiger partial charge in [-0.05, 0) is 45.0 Å². The molecule has 0 spiro atoms. The topological polar surface area (TPSA) is 15.3 Å². The minimum Gasteiger partial charge on any atom is -0.368 e. The van der Waals surface area contributed by atoms with Gasteiger partial charge in [0.1, 0.15) is 0 Å². The fourth-order valence-electron chi connectivity index (χ4n) is 2.77. The highest BCUT2D eigenvalue weighted by Crippen LogP contribution is 2.39. The van der Waals surface area contributed by atoms with E-state index in [0.29, 0.717) is 12.0 Å². The first kappa shape index (κ1) is 12.4. The molecule has 94 valence electrons. The molecule has 0 amide bonds. The van der Waals surface area contributed by atoms with E-state index in [4.69, 9.17) is 0 Å². The van der Waals surface area contributed by atoms with E-state index in [2.05, 4.69) is 49.2 Å². The van der Waals surface area contributed by atoms with Gasteiger partial charge in [0.05, 0.1) is 0 Å². The number of para-hydroxylation sites is 1. The van der Waals surface area contributed by atoms with Crippen LogP contribution in [0.2, 0.25) is 0 Å². The zero-order chi connectivity index (χ0) is 12.4. The number of anilines is 1. The quantitative estimate of drug-likeness (QED) is 0.858. The fourth-order valence-corrected chi connectivity index (χ4v) is 2.77. The summed E-state index contributed by atoms with van der Waals surface area (Å²) < 4.78 is 0. The van der Waals surface area contributed by atoms with Crippen LogP contribution in [0.3, 0.4) is 0 Å². The molecule has 1 aliphatic heterocycles. The molecule has 1 N–H and O–H groups in total. The summed E-state index contributed by atoms with van der Waals surface area (Å²) in [6.45, 7) is 9.14. The molecule has 0 fully saturated rings. The number of nitrogens with zero attached hydrogens (tertiary/aromatic N) is 1. The van der Waals surface area contributed by atoms with E-state index in [1.54, 1.807) is 0 Å². The van der Waals surface area contributed by atoms with Gasteiger partial charge in [-0.15, -0.1) is 0 Å². The molecule has 1 aliphatic rings. The lowest BCUT2D eigenvalue weighted by atomic mass is 9.99. The number of hydrogen-bond donors (Lipinski definition) is 1. The standard InChI is InChI=1S/C15H24N2/c1-11(2)17-10-12(3)14-7-5-6-13(15(14)17)8-9-16-4/h5-7,11-12,16H,8-10H2,1-4H3. The van der Waals surface area contributed by atoms with Crippen LogP contribution in [0, 0.1) is 0 Å². The minimum atomic E-state index is 0.592. The zero-order valence-corrected chi connectivity index (χ0v) is 11.5. The summed E-state index contributed by atoms with van der Waals surface area (Å²) in [5.41, 5.74) is 4.53. The highest BCUT2D eigenvalue weighted by molar-refractivity contribution is 5.65. The van der Waals surface area contributed by atoms with E-state index in [1.165, 1.54) is 23.4 Å². The average molecular weight is 232 g/mol. The van der Waals surface area contributed by atoms with Gasteiger partial charge < -0.3 is 10.2 Å². The normalized spacial score (nSPS) is 18.9. The third-order valence-corrected chi connectivity index (χ3v) is 3.71. The highest BCUT2D eigenvalue weighted by atomic mass is 15.2. The summed E-state index contributed by atoms with van der Waals surface area (Å²) in [6, 6.07) is 7.38. The van der Waals surface area contributed by atoms with Crippen molar-refractivity contribution in [1.82, 2.24) is 5.32 Å².